The van der Waals surface area contributed by atoms with E-state index in [2.05, 4.69) is 5.10 Å². The van der Waals surface area contributed by atoms with Crippen molar-refractivity contribution in [2.45, 2.75) is 31.9 Å². The minimum Gasteiger partial charge on any atom is -0.342 e. The van der Waals surface area contributed by atoms with Crippen LogP contribution in [0.4, 0.5) is 17.6 Å². The quantitative estimate of drug-likeness (QED) is 0.630. The molecule has 7 nitrogen and oxygen atoms in total. The molecule has 1 aromatic carbocycles. The van der Waals surface area contributed by atoms with E-state index in [1.54, 1.807) is 0 Å². The molecule has 2 aliphatic rings. The number of amides is 2. The van der Waals surface area contributed by atoms with E-state index in [4.69, 9.17) is 0 Å². The van der Waals surface area contributed by atoms with Crippen molar-refractivity contribution in [2.24, 2.45) is 0 Å². The number of carbonyl (C=O) groups is 2. The van der Waals surface area contributed by atoms with Crippen molar-refractivity contribution in [3.8, 4) is 5.69 Å². The maximum absolute atomic E-state index is 14.2. The summed E-state index contributed by atoms with van der Waals surface area (Å²) in [6.45, 7) is 2.89. The Morgan fingerprint density at radius 1 is 0.882 bits per heavy atom. The summed E-state index contributed by atoms with van der Waals surface area (Å²) in [5, 5.41) is 3.69. The molecule has 3 heterocycles. The number of halogens is 4. The number of benzene rings is 1. The van der Waals surface area contributed by atoms with E-state index in [0.717, 1.165) is 51.0 Å². The summed E-state index contributed by atoms with van der Waals surface area (Å²) < 4.78 is 56.3. The Kier molecular flexibility index (Phi) is 7.20. The summed E-state index contributed by atoms with van der Waals surface area (Å²) in [4.78, 5) is 30.7. The predicted molar refractivity (Wildman–Crippen MR) is 116 cm³/mol. The maximum atomic E-state index is 14.2. The van der Waals surface area contributed by atoms with E-state index in [1.807, 2.05) is 9.80 Å². The van der Waals surface area contributed by atoms with Crippen LogP contribution in [0.25, 0.3) is 5.69 Å². The van der Waals surface area contributed by atoms with Crippen LogP contribution in [0.3, 0.4) is 0 Å². The lowest BCUT2D eigenvalue weighted by molar-refractivity contribution is -0.143. The highest BCUT2D eigenvalue weighted by molar-refractivity contribution is 5.95. The number of hydrogen-bond donors (Lipinski definition) is 0. The standard InChI is InChI=1S/C23H27F4N5O2/c24-18-7-3-4-8-19(18)32-21(23(25,26)27)17(15-28-32)22(34)31-13-11-29(12-14-31)16-20(33)30-9-5-1-2-6-10-30/h3-4,7-8,15H,1-2,5-6,9-14,16H2. The molecule has 0 bridgehead atoms. The third-order valence-electron chi connectivity index (χ3n) is 6.33. The number of alkyl halides is 3. The van der Waals surface area contributed by atoms with Crippen LogP contribution in [0.5, 0.6) is 0 Å². The van der Waals surface area contributed by atoms with Gasteiger partial charge in [0.2, 0.25) is 5.91 Å². The van der Waals surface area contributed by atoms with Crippen LogP contribution in [-0.4, -0.2) is 82.1 Å². The topological polar surface area (TPSA) is 61.7 Å². The summed E-state index contributed by atoms with van der Waals surface area (Å²) in [6, 6.07) is 4.96. The van der Waals surface area contributed by atoms with Gasteiger partial charge in [-0.15, -0.1) is 0 Å². The fourth-order valence-electron chi connectivity index (χ4n) is 4.47. The largest absolute Gasteiger partial charge is 0.434 e. The highest BCUT2D eigenvalue weighted by Gasteiger charge is 2.42. The first-order chi connectivity index (χ1) is 16.3. The monoisotopic (exact) mass is 481 g/mol. The minimum atomic E-state index is -4.91. The minimum absolute atomic E-state index is 0.0483. The molecule has 2 amide bonds. The highest BCUT2D eigenvalue weighted by Crippen LogP contribution is 2.34. The van der Waals surface area contributed by atoms with E-state index in [0.29, 0.717) is 17.8 Å². The van der Waals surface area contributed by atoms with Crippen molar-refractivity contribution in [3.63, 3.8) is 0 Å². The van der Waals surface area contributed by atoms with Gasteiger partial charge >= 0.3 is 6.18 Å². The number of aromatic nitrogens is 2. The van der Waals surface area contributed by atoms with E-state index < -0.39 is 29.2 Å². The molecule has 0 atom stereocenters. The van der Waals surface area contributed by atoms with Crippen LogP contribution in [0, 0.1) is 5.82 Å². The second-order valence-electron chi connectivity index (χ2n) is 8.63. The zero-order valence-electron chi connectivity index (χ0n) is 18.7. The molecule has 2 saturated heterocycles. The van der Waals surface area contributed by atoms with E-state index in [1.165, 1.54) is 23.1 Å². The molecule has 4 rings (SSSR count). The molecular weight excluding hydrogens is 454 g/mol. The molecule has 0 spiro atoms. The SMILES string of the molecule is O=C(CN1CCN(C(=O)c2cnn(-c3ccccc3F)c2C(F)(F)F)CC1)N1CCCCCC1. The van der Waals surface area contributed by atoms with Gasteiger partial charge in [-0.05, 0) is 25.0 Å². The summed E-state index contributed by atoms with van der Waals surface area (Å²) in [7, 11) is 0. The van der Waals surface area contributed by atoms with Crippen molar-refractivity contribution >= 4 is 11.8 Å². The molecule has 0 saturated carbocycles. The maximum Gasteiger partial charge on any atom is 0.434 e. The number of rotatable bonds is 4. The van der Waals surface area contributed by atoms with Gasteiger partial charge in [0.05, 0.1) is 18.3 Å². The first-order valence-corrected chi connectivity index (χ1v) is 11.4. The van der Waals surface area contributed by atoms with E-state index >= 15 is 0 Å². The number of piperazine rings is 1. The molecule has 184 valence electrons. The number of likely N-dealkylation sites (tertiary alicyclic amines) is 1. The zero-order chi connectivity index (χ0) is 24.3. The van der Waals surface area contributed by atoms with Crippen molar-refractivity contribution in [1.82, 2.24) is 24.5 Å². The van der Waals surface area contributed by atoms with Crippen LogP contribution < -0.4 is 0 Å². The van der Waals surface area contributed by atoms with Gasteiger partial charge < -0.3 is 9.80 Å². The number of para-hydroxylation sites is 1. The summed E-state index contributed by atoms with van der Waals surface area (Å²) >= 11 is 0. The number of hydrogen-bond acceptors (Lipinski definition) is 4. The van der Waals surface area contributed by atoms with Gasteiger partial charge in [0.1, 0.15) is 11.5 Å². The van der Waals surface area contributed by atoms with E-state index in [-0.39, 0.29) is 31.2 Å². The Bertz CT molecular complexity index is 1020. The number of nitrogens with zero attached hydrogens (tertiary/aromatic N) is 5. The second kappa shape index (κ2) is 10.1. The Balaban J connectivity index is 1.44. The van der Waals surface area contributed by atoms with Crippen LogP contribution in [0.15, 0.2) is 30.5 Å². The fourth-order valence-corrected chi connectivity index (χ4v) is 4.47. The third kappa shape index (κ3) is 5.24. The Morgan fingerprint density at radius 2 is 1.53 bits per heavy atom. The lowest BCUT2D eigenvalue weighted by Gasteiger charge is -2.35. The van der Waals surface area contributed by atoms with Gasteiger partial charge in [-0.1, -0.05) is 25.0 Å². The fraction of sp³-hybridized carbons (Fsp3) is 0.522. The van der Waals surface area contributed by atoms with Gasteiger partial charge in [0, 0.05) is 39.3 Å². The van der Waals surface area contributed by atoms with Crippen molar-refractivity contribution in [2.75, 3.05) is 45.8 Å². The first-order valence-electron chi connectivity index (χ1n) is 11.4. The highest BCUT2D eigenvalue weighted by atomic mass is 19.4. The molecular formula is C23H27F4N5O2. The van der Waals surface area contributed by atoms with Crippen molar-refractivity contribution in [1.29, 1.82) is 0 Å². The molecule has 1 aromatic heterocycles. The van der Waals surface area contributed by atoms with Gasteiger partial charge in [0.25, 0.3) is 5.91 Å². The molecule has 0 unspecified atom stereocenters. The van der Waals surface area contributed by atoms with Crippen LogP contribution in [0.2, 0.25) is 0 Å². The van der Waals surface area contributed by atoms with Gasteiger partial charge in [0.15, 0.2) is 5.69 Å². The molecule has 0 aliphatic carbocycles. The number of carbonyl (C=O) groups excluding carboxylic acids is 2. The normalized spacial score (nSPS) is 18.1. The van der Waals surface area contributed by atoms with Crippen LogP contribution >= 0.6 is 0 Å². The molecule has 0 N–H and O–H groups in total. The molecule has 2 aliphatic heterocycles. The molecule has 2 aromatic rings. The molecule has 34 heavy (non-hydrogen) atoms. The Morgan fingerprint density at radius 3 is 2.15 bits per heavy atom. The third-order valence-corrected chi connectivity index (χ3v) is 6.33. The lowest BCUT2D eigenvalue weighted by Crippen LogP contribution is -2.51. The van der Waals surface area contributed by atoms with Gasteiger partial charge in [-0.25, -0.2) is 9.07 Å². The lowest BCUT2D eigenvalue weighted by atomic mass is 10.1. The average Bonchev–Trinajstić information content (AvgIpc) is 3.07. The van der Waals surface area contributed by atoms with Crippen LogP contribution in [-0.2, 0) is 11.0 Å². The average molecular weight is 481 g/mol. The molecule has 11 heteroatoms. The first kappa shape index (κ1) is 24.2. The van der Waals surface area contributed by atoms with Crippen molar-refractivity contribution in [3.05, 3.63) is 47.5 Å². The summed E-state index contributed by atoms with van der Waals surface area (Å²) in [6.07, 6.45) is 0.167. The molecule has 0 radical (unpaired) electrons. The van der Waals surface area contributed by atoms with E-state index in [9.17, 15) is 27.2 Å². The van der Waals surface area contributed by atoms with Crippen molar-refractivity contribution < 1.29 is 27.2 Å². The molecule has 2 fully saturated rings. The smallest absolute Gasteiger partial charge is 0.342 e. The van der Waals surface area contributed by atoms with Gasteiger partial charge in [-0.2, -0.15) is 18.3 Å². The summed E-state index contributed by atoms with van der Waals surface area (Å²) in [5.74, 6) is -1.64. The predicted octanol–water partition coefficient (Wildman–Crippen LogP) is 3.19. The Labute approximate surface area is 194 Å². The Hall–Kier alpha value is -2.95. The van der Waals surface area contributed by atoms with Crippen LogP contribution in [0.1, 0.15) is 41.7 Å². The summed E-state index contributed by atoms with van der Waals surface area (Å²) in [5.41, 5.74) is -2.31. The zero-order valence-corrected chi connectivity index (χ0v) is 18.7. The second-order valence-corrected chi connectivity index (χ2v) is 8.63. The van der Waals surface area contributed by atoms with Gasteiger partial charge in [-0.3, -0.25) is 14.5 Å².